The molecular formula is C26H25N3O4. The summed E-state index contributed by atoms with van der Waals surface area (Å²) in [4.78, 5) is 28.7. The van der Waals surface area contributed by atoms with Gasteiger partial charge in [-0.3, -0.25) is 14.6 Å². The predicted molar refractivity (Wildman–Crippen MR) is 127 cm³/mol. The van der Waals surface area contributed by atoms with Crippen LogP contribution in [0.4, 0.5) is 5.69 Å². The number of nitrogens with two attached hydrogens (primary N) is 1. The second-order valence-corrected chi connectivity index (χ2v) is 7.66. The molecule has 3 aromatic carbocycles. The third kappa shape index (κ3) is 4.57. The van der Waals surface area contributed by atoms with Gasteiger partial charge in [-0.05, 0) is 30.5 Å². The summed E-state index contributed by atoms with van der Waals surface area (Å²) in [5.74, 6) is 0.406. The second-order valence-electron chi connectivity index (χ2n) is 7.66. The molecule has 0 spiro atoms. The summed E-state index contributed by atoms with van der Waals surface area (Å²) in [5.41, 5.74) is 10.3. The lowest BCUT2D eigenvalue weighted by atomic mass is 9.93. The quantitative estimate of drug-likeness (QED) is 0.584. The number of ether oxygens (including phenoxy) is 2. The fraction of sp³-hybridized carbons (Fsp3) is 0.192. The topological polar surface area (TPSA) is 103 Å². The lowest BCUT2D eigenvalue weighted by molar-refractivity contribution is -0.114. The van der Waals surface area contributed by atoms with Crippen LogP contribution in [0.3, 0.4) is 0 Å². The number of hydrogen-bond acceptors (Lipinski definition) is 5. The maximum absolute atomic E-state index is 12.4. The molecule has 0 fully saturated rings. The molecule has 0 aromatic heterocycles. The third-order valence-corrected chi connectivity index (χ3v) is 5.59. The van der Waals surface area contributed by atoms with Gasteiger partial charge in [0, 0.05) is 22.8 Å². The van der Waals surface area contributed by atoms with Gasteiger partial charge in [0.05, 0.1) is 31.2 Å². The van der Waals surface area contributed by atoms with Gasteiger partial charge < -0.3 is 20.5 Å². The smallest absolute Gasteiger partial charge is 0.248 e. The van der Waals surface area contributed by atoms with Crippen molar-refractivity contribution >= 4 is 23.2 Å². The molecule has 3 aromatic rings. The van der Waals surface area contributed by atoms with Gasteiger partial charge in [0.1, 0.15) is 18.0 Å². The molecular weight excluding hydrogens is 418 g/mol. The normalized spacial score (nSPS) is 12.8. The van der Waals surface area contributed by atoms with E-state index in [-0.39, 0.29) is 12.5 Å². The van der Waals surface area contributed by atoms with Gasteiger partial charge in [0.25, 0.3) is 0 Å². The molecule has 0 aliphatic carbocycles. The molecule has 168 valence electrons. The van der Waals surface area contributed by atoms with E-state index < -0.39 is 5.91 Å². The summed E-state index contributed by atoms with van der Waals surface area (Å²) in [6.07, 6.45) is 1.44. The predicted octanol–water partition coefficient (Wildman–Crippen LogP) is 3.38. The number of carbonyl (C=O) groups is 2. The number of primary amides is 1. The molecule has 1 aliphatic heterocycles. The Morgan fingerprint density at radius 3 is 2.52 bits per heavy atom. The van der Waals surface area contributed by atoms with Crippen LogP contribution in [0, 0.1) is 0 Å². The molecule has 7 heteroatoms. The Bertz CT molecular complexity index is 1240. The van der Waals surface area contributed by atoms with Crippen LogP contribution in [0.1, 0.15) is 32.6 Å². The average Bonchev–Trinajstić information content (AvgIpc) is 3.00. The number of fused-ring (bicyclic) bond motifs is 1. The number of nitrogens with zero attached hydrogens (tertiary/aromatic N) is 1. The maximum Gasteiger partial charge on any atom is 0.248 e. The van der Waals surface area contributed by atoms with Crippen molar-refractivity contribution in [2.24, 2.45) is 10.7 Å². The summed E-state index contributed by atoms with van der Waals surface area (Å²) in [5, 5.41) is 2.90. The van der Waals surface area contributed by atoms with Crippen molar-refractivity contribution in [3.05, 3.63) is 88.5 Å². The van der Waals surface area contributed by atoms with Crippen molar-refractivity contribution in [3.63, 3.8) is 0 Å². The van der Waals surface area contributed by atoms with Gasteiger partial charge in [-0.25, -0.2) is 0 Å². The molecule has 3 N–H and O–H groups in total. The van der Waals surface area contributed by atoms with Crippen LogP contribution in [0.2, 0.25) is 0 Å². The lowest BCUT2D eigenvalue weighted by Gasteiger charge is -2.21. The van der Waals surface area contributed by atoms with Crippen LogP contribution < -0.4 is 20.5 Å². The van der Waals surface area contributed by atoms with Crippen LogP contribution in [0.25, 0.3) is 0 Å². The number of methoxy groups -OCH3 is 2. The van der Waals surface area contributed by atoms with Crippen molar-refractivity contribution in [1.82, 2.24) is 0 Å². The Morgan fingerprint density at radius 2 is 1.82 bits per heavy atom. The van der Waals surface area contributed by atoms with Crippen LogP contribution in [-0.4, -0.2) is 38.3 Å². The molecule has 1 heterocycles. The number of benzodiazepines with no additional fused rings is 1. The number of anilines is 1. The molecule has 1 aliphatic rings. The largest absolute Gasteiger partial charge is 0.496 e. The van der Waals surface area contributed by atoms with Gasteiger partial charge in [-0.1, -0.05) is 42.5 Å². The number of hydrogen-bond donors (Lipinski definition) is 2. The standard InChI is InChI=1S/C26H25N3O4/c1-32-21-14-20-23(25(33-2)19(21)12-11-16-7-4-3-5-8-16)24(28-15-22(30)29-20)17-9-6-10-18(13-17)26(27)31/h3-10,13-14H,11-12,15H2,1-2H3,(H2,27,31)(H,29,30). The minimum absolute atomic E-state index is 0.0599. The van der Waals surface area contributed by atoms with E-state index in [9.17, 15) is 9.59 Å². The highest BCUT2D eigenvalue weighted by Crippen LogP contribution is 2.41. The van der Waals surface area contributed by atoms with E-state index in [1.54, 1.807) is 38.5 Å². The minimum atomic E-state index is -0.536. The van der Waals surface area contributed by atoms with E-state index in [2.05, 4.69) is 22.4 Å². The number of aliphatic imine (C=N–C) groups is 1. The summed E-state index contributed by atoms with van der Waals surface area (Å²) < 4.78 is 11.6. The molecule has 0 bridgehead atoms. The second kappa shape index (κ2) is 9.56. The first kappa shape index (κ1) is 22.1. The van der Waals surface area contributed by atoms with E-state index in [0.29, 0.717) is 46.0 Å². The zero-order chi connectivity index (χ0) is 23.4. The van der Waals surface area contributed by atoms with E-state index in [1.165, 1.54) is 5.56 Å². The molecule has 0 atom stereocenters. The zero-order valence-electron chi connectivity index (χ0n) is 18.6. The van der Waals surface area contributed by atoms with Gasteiger partial charge in [0.2, 0.25) is 11.8 Å². The first-order valence-electron chi connectivity index (χ1n) is 10.6. The number of benzene rings is 3. The summed E-state index contributed by atoms with van der Waals surface area (Å²) in [6, 6.07) is 18.8. The molecule has 0 unspecified atom stereocenters. The highest BCUT2D eigenvalue weighted by molar-refractivity contribution is 6.21. The van der Waals surface area contributed by atoms with Crippen LogP contribution in [0.5, 0.6) is 11.5 Å². The van der Waals surface area contributed by atoms with Crippen molar-refractivity contribution in [2.75, 3.05) is 26.1 Å². The SMILES string of the molecule is COc1cc2c(c(OC)c1CCc1ccccc1)C(c1cccc(C(N)=O)c1)=NCC(=O)N2. The van der Waals surface area contributed by atoms with Crippen LogP contribution >= 0.6 is 0 Å². The molecule has 33 heavy (non-hydrogen) atoms. The summed E-state index contributed by atoms with van der Waals surface area (Å²) >= 11 is 0. The number of amides is 2. The van der Waals surface area contributed by atoms with Crippen molar-refractivity contribution in [1.29, 1.82) is 0 Å². The van der Waals surface area contributed by atoms with Crippen LogP contribution in [-0.2, 0) is 17.6 Å². The number of nitrogens with one attached hydrogen (secondary N) is 1. The van der Waals surface area contributed by atoms with Gasteiger partial charge in [-0.2, -0.15) is 0 Å². The summed E-state index contributed by atoms with van der Waals surface area (Å²) in [7, 11) is 3.18. The molecule has 7 nitrogen and oxygen atoms in total. The Labute approximate surface area is 192 Å². The first-order chi connectivity index (χ1) is 16.0. The zero-order valence-corrected chi connectivity index (χ0v) is 18.6. The van der Waals surface area contributed by atoms with Crippen molar-refractivity contribution in [2.45, 2.75) is 12.8 Å². The number of carbonyl (C=O) groups excluding carboxylic acids is 2. The molecule has 2 amide bonds. The fourth-order valence-corrected chi connectivity index (χ4v) is 4.04. The Kier molecular flexibility index (Phi) is 6.40. The van der Waals surface area contributed by atoms with Gasteiger partial charge in [-0.15, -0.1) is 0 Å². The highest BCUT2D eigenvalue weighted by atomic mass is 16.5. The average molecular weight is 444 g/mol. The van der Waals surface area contributed by atoms with Gasteiger partial charge in [0.15, 0.2) is 0 Å². The number of rotatable bonds is 7. The minimum Gasteiger partial charge on any atom is -0.496 e. The Hall–Kier alpha value is -4.13. The van der Waals surface area contributed by atoms with E-state index in [0.717, 1.165) is 12.0 Å². The monoisotopic (exact) mass is 443 g/mol. The fourth-order valence-electron chi connectivity index (χ4n) is 4.04. The Balaban J connectivity index is 1.88. The van der Waals surface area contributed by atoms with Crippen molar-refractivity contribution in [3.8, 4) is 11.5 Å². The Morgan fingerprint density at radius 1 is 1.03 bits per heavy atom. The van der Waals surface area contributed by atoms with Gasteiger partial charge >= 0.3 is 0 Å². The molecule has 4 rings (SSSR count). The number of aryl methyl sites for hydroxylation is 1. The molecule has 0 saturated heterocycles. The van der Waals surface area contributed by atoms with E-state index >= 15 is 0 Å². The maximum atomic E-state index is 12.4. The molecule has 0 radical (unpaired) electrons. The van der Waals surface area contributed by atoms with E-state index in [4.69, 9.17) is 15.2 Å². The third-order valence-electron chi connectivity index (χ3n) is 5.59. The molecule has 0 saturated carbocycles. The van der Waals surface area contributed by atoms with Crippen molar-refractivity contribution < 1.29 is 19.1 Å². The highest BCUT2D eigenvalue weighted by Gasteiger charge is 2.27. The van der Waals surface area contributed by atoms with E-state index in [1.807, 2.05) is 24.3 Å². The van der Waals surface area contributed by atoms with Crippen LogP contribution in [0.15, 0.2) is 65.7 Å². The first-order valence-corrected chi connectivity index (χ1v) is 10.6. The lowest BCUT2D eigenvalue weighted by Crippen LogP contribution is -2.15. The summed E-state index contributed by atoms with van der Waals surface area (Å²) in [6.45, 7) is -0.0599.